The Balaban J connectivity index is 2.21. The standard InChI is InChI=1S/C16H21N3O/c1-12(17)15-8-5-9-18-16(15)19(2)11-13-6-4-7-14(10-13)20-3/h4-10,12H,11,17H2,1-3H3. The van der Waals surface area contributed by atoms with Crippen molar-refractivity contribution in [3.05, 3.63) is 53.7 Å². The van der Waals surface area contributed by atoms with Gasteiger partial charge in [-0.3, -0.25) is 0 Å². The summed E-state index contributed by atoms with van der Waals surface area (Å²) in [6.07, 6.45) is 1.79. The van der Waals surface area contributed by atoms with Gasteiger partial charge in [0.15, 0.2) is 0 Å². The van der Waals surface area contributed by atoms with E-state index in [1.807, 2.05) is 44.3 Å². The van der Waals surface area contributed by atoms with Crippen molar-refractivity contribution in [1.82, 2.24) is 4.98 Å². The molecule has 20 heavy (non-hydrogen) atoms. The molecule has 0 aliphatic carbocycles. The monoisotopic (exact) mass is 271 g/mol. The van der Waals surface area contributed by atoms with E-state index in [-0.39, 0.29) is 6.04 Å². The Morgan fingerprint density at radius 2 is 2.10 bits per heavy atom. The van der Waals surface area contributed by atoms with Gasteiger partial charge in [-0.1, -0.05) is 18.2 Å². The Hall–Kier alpha value is -2.07. The fourth-order valence-electron chi connectivity index (χ4n) is 2.20. The van der Waals surface area contributed by atoms with E-state index in [1.165, 1.54) is 5.56 Å². The number of nitrogens with zero attached hydrogens (tertiary/aromatic N) is 2. The van der Waals surface area contributed by atoms with E-state index < -0.39 is 0 Å². The predicted octanol–water partition coefficient (Wildman–Crippen LogP) is 2.75. The van der Waals surface area contributed by atoms with Crippen LogP contribution in [0.15, 0.2) is 42.6 Å². The maximum atomic E-state index is 6.00. The van der Waals surface area contributed by atoms with Gasteiger partial charge in [0.05, 0.1) is 7.11 Å². The van der Waals surface area contributed by atoms with E-state index in [9.17, 15) is 0 Å². The molecule has 106 valence electrons. The Morgan fingerprint density at radius 1 is 1.30 bits per heavy atom. The van der Waals surface area contributed by atoms with Crippen molar-refractivity contribution in [2.45, 2.75) is 19.5 Å². The third kappa shape index (κ3) is 3.27. The molecule has 2 rings (SSSR count). The lowest BCUT2D eigenvalue weighted by Gasteiger charge is -2.22. The van der Waals surface area contributed by atoms with Crippen LogP contribution in [0.1, 0.15) is 24.1 Å². The van der Waals surface area contributed by atoms with Crippen LogP contribution in [0.5, 0.6) is 5.75 Å². The van der Waals surface area contributed by atoms with E-state index in [0.29, 0.717) is 0 Å². The second-order valence-corrected chi connectivity index (χ2v) is 4.91. The molecule has 0 radical (unpaired) electrons. The number of benzene rings is 1. The summed E-state index contributed by atoms with van der Waals surface area (Å²) in [5.74, 6) is 1.79. The third-order valence-corrected chi connectivity index (χ3v) is 3.22. The molecule has 0 fully saturated rings. The highest BCUT2D eigenvalue weighted by atomic mass is 16.5. The summed E-state index contributed by atoms with van der Waals surface area (Å²) in [5.41, 5.74) is 8.23. The summed E-state index contributed by atoms with van der Waals surface area (Å²) in [5, 5.41) is 0. The molecule has 2 aromatic rings. The average Bonchev–Trinajstić information content (AvgIpc) is 2.47. The smallest absolute Gasteiger partial charge is 0.133 e. The summed E-state index contributed by atoms with van der Waals surface area (Å²) in [7, 11) is 3.70. The molecule has 1 aromatic heterocycles. The number of anilines is 1. The summed E-state index contributed by atoms with van der Waals surface area (Å²) in [6, 6.07) is 12.0. The van der Waals surface area contributed by atoms with Gasteiger partial charge in [-0.05, 0) is 30.7 Å². The molecule has 0 spiro atoms. The van der Waals surface area contributed by atoms with E-state index in [4.69, 9.17) is 10.5 Å². The van der Waals surface area contributed by atoms with Crippen LogP contribution in [-0.4, -0.2) is 19.1 Å². The number of nitrogens with two attached hydrogens (primary N) is 1. The fraction of sp³-hybridized carbons (Fsp3) is 0.312. The Bertz CT molecular complexity index is 569. The van der Waals surface area contributed by atoms with Crippen molar-refractivity contribution in [1.29, 1.82) is 0 Å². The molecule has 1 unspecified atom stereocenters. The van der Waals surface area contributed by atoms with Crippen molar-refractivity contribution in [2.75, 3.05) is 19.1 Å². The van der Waals surface area contributed by atoms with Crippen LogP contribution in [-0.2, 0) is 6.54 Å². The minimum absolute atomic E-state index is 0.0357. The van der Waals surface area contributed by atoms with Crippen LogP contribution < -0.4 is 15.4 Å². The molecule has 1 aromatic carbocycles. The zero-order chi connectivity index (χ0) is 14.5. The molecule has 0 amide bonds. The van der Waals surface area contributed by atoms with Gasteiger partial charge in [-0.15, -0.1) is 0 Å². The van der Waals surface area contributed by atoms with E-state index >= 15 is 0 Å². The van der Waals surface area contributed by atoms with Crippen LogP contribution in [0.3, 0.4) is 0 Å². The molecule has 0 saturated carbocycles. The molecule has 2 N–H and O–H groups in total. The highest BCUT2D eigenvalue weighted by Gasteiger charge is 2.12. The largest absolute Gasteiger partial charge is 0.497 e. The average molecular weight is 271 g/mol. The molecule has 1 atom stereocenters. The fourth-order valence-corrected chi connectivity index (χ4v) is 2.20. The van der Waals surface area contributed by atoms with Gasteiger partial charge in [0.25, 0.3) is 0 Å². The van der Waals surface area contributed by atoms with Gasteiger partial charge in [-0.2, -0.15) is 0 Å². The lowest BCUT2D eigenvalue weighted by Crippen LogP contribution is -2.21. The SMILES string of the molecule is COc1cccc(CN(C)c2ncccc2C(C)N)c1. The van der Waals surface area contributed by atoms with Crippen molar-refractivity contribution in [3.63, 3.8) is 0 Å². The quantitative estimate of drug-likeness (QED) is 0.908. The summed E-state index contributed by atoms with van der Waals surface area (Å²) in [6.45, 7) is 2.73. The van der Waals surface area contributed by atoms with Gasteiger partial charge in [0.1, 0.15) is 11.6 Å². The zero-order valence-corrected chi connectivity index (χ0v) is 12.2. The maximum absolute atomic E-state index is 6.00. The molecule has 4 nitrogen and oxygen atoms in total. The normalized spacial score (nSPS) is 12.0. The summed E-state index contributed by atoms with van der Waals surface area (Å²) in [4.78, 5) is 6.56. The molecule has 0 aliphatic heterocycles. The maximum Gasteiger partial charge on any atom is 0.133 e. The van der Waals surface area contributed by atoms with Crippen LogP contribution >= 0.6 is 0 Å². The number of hydrogen-bond acceptors (Lipinski definition) is 4. The molecular formula is C16H21N3O. The molecule has 0 bridgehead atoms. The van der Waals surface area contributed by atoms with Gasteiger partial charge in [0.2, 0.25) is 0 Å². The van der Waals surface area contributed by atoms with Crippen molar-refractivity contribution in [3.8, 4) is 5.75 Å². The van der Waals surface area contributed by atoms with Gasteiger partial charge < -0.3 is 15.4 Å². The summed E-state index contributed by atoms with van der Waals surface area (Å²) >= 11 is 0. The van der Waals surface area contributed by atoms with Gasteiger partial charge in [0, 0.05) is 31.4 Å². The number of pyridine rings is 1. The number of aromatic nitrogens is 1. The molecule has 0 aliphatic rings. The van der Waals surface area contributed by atoms with E-state index in [2.05, 4.69) is 16.0 Å². The second kappa shape index (κ2) is 6.39. The lowest BCUT2D eigenvalue weighted by atomic mass is 10.1. The van der Waals surface area contributed by atoms with Gasteiger partial charge >= 0.3 is 0 Å². The Kier molecular flexibility index (Phi) is 4.58. The topological polar surface area (TPSA) is 51.4 Å². The number of ether oxygens (including phenoxy) is 1. The first-order valence-electron chi connectivity index (χ1n) is 6.66. The van der Waals surface area contributed by atoms with Crippen LogP contribution in [0.25, 0.3) is 0 Å². The number of rotatable bonds is 5. The highest BCUT2D eigenvalue weighted by molar-refractivity contribution is 5.48. The molecule has 4 heteroatoms. The summed E-state index contributed by atoms with van der Waals surface area (Å²) < 4.78 is 5.25. The van der Waals surface area contributed by atoms with E-state index in [0.717, 1.165) is 23.7 Å². The highest BCUT2D eigenvalue weighted by Crippen LogP contribution is 2.23. The van der Waals surface area contributed by atoms with Crippen LogP contribution in [0.4, 0.5) is 5.82 Å². The Morgan fingerprint density at radius 3 is 2.80 bits per heavy atom. The van der Waals surface area contributed by atoms with Crippen molar-refractivity contribution < 1.29 is 4.74 Å². The first-order valence-corrected chi connectivity index (χ1v) is 6.66. The molecule has 1 heterocycles. The molecular weight excluding hydrogens is 250 g/mol. The number of methoxy groups -OCH3 is 1. The van der Waals surface area contributed by atoms with E-state index in [1.54, 1.807) is 13.3 Å². The minimum atomic E-state index is -0.0357. The zero-order valence-electron chi connectivity index (χ0n) is 12.2. The first-order chi connectivity index (χ1) is 9.61. The van der Waals surface area contributed by atoms with Crippen molar-refractivity contribution >= 4 is 5.82 Å². The number of hydrogen-bond donors (Lipinski definition) is 1. The molecule has 0 saturated heterocycles. The van der Waals surface area contributed by atoms with Crippen molar-refractivity contribution in [2.24, 2.45) is 5.73 Å². The lowest BCUT2D eigenvalue weighted by molar-refractivity contribution is 0.414. The van der Waals surface area contributed by atoms with Gasteiger partial charge in [-0.25, -0.2) is 4.98 Å². The second-order valence-electron chi connectivity index (χ2n) is 4.91. The third-order valence-electron chi connectivity index (χ3n) is 3.22. The Labute approximate surface area is 120 Å². The van der Waals surface area contributed by atoms with Crippen LogP contribution in [0.2, 0.25) is 0 Å². The predicted molar refractivity (Wildman–Crippen MR) is 81.9 cm³/mol. The first kappa shape index (κ1) is 14.3. The van der Waals surface area contributed by atoms with Crippen LogP contribution in [0, 0.1) is 0 Å². The minimum Gasteiger partial charge on any atom is -0.497 e.